The van der Waals surface area contributed by atoms with E-state index in [1.165, 1.54) is 17.4 Å². The highest BCUT2D eigenvalue weighted by Gasteiger charge is 2.27. The second-order valence-electron chi connectivity index (χ2n) is 7.92. The predicted molar refractivity (Wildman–Crippen MR) is 132 cm³/mol. The molecular formula is C26H25FN4OS. The highest BCUT2D eigenvalue weighted by Crippen LogP contribution is 2.41. The third kappa shape index (κ3) is 4.93. The zero-order valence-electron chi connectivity index (χ0n) is 18.9. The maximum absolute atomic E-state index is 15.0. The van der Waals surface area contributed by atoms with Crippen LogP contribution in [0.1, 0.15) is 49.4 Å². The lowest BCUT2D eigenvalue weighted by Crippen LogP contribution is -2.19. The molecule has 5 nitrogen and oxygen atoms in total. The van der Waals surface area contributed by atoms with Crippen molar-refractivity contribution in [1.82, 2.24) is 9.97 Å². The van der Waals surface area contributed by atoms with Crippen LogP contribution in [0.5, 0.6) is 0 Å². The number of thiophene rings is 1. The van der Waals surface area contributed by atoms with Gasteiger partial charge in [0.05, 0.1) is 6.04 Å². The molecule has 0 aliphatic rings. The van der Waals surface area contributed by atoms with Gasteiger partial charge in [-0.15, -0.1) is 11.3 Å². The number of nitrogens with zero attached hydrogens (tertiary/aromatic N) is 2. The second-order valence-corrected chi connectivity index (χ2v) is 9.14. The van der Waals surface area contributed by atoms with Crippen molar-refractivity contribution in [3.63, 3.8) is 0 Å². The van der Waals surface area contributed by atoms with Gasteiger partial charge < -0.3 is 10.6 Å². The van der Waals surface area contributed by atoms with Crippen molar-refractivity contribution < 1.29 is 9.18 Å². The number of rotatable bonds is 6. The summed E-state index contributed by atoms with van der Waals surface area (Å²) >= 11 is 1.47. The molecule has 2 aromatic carbocycles. The summed E-state index contributed by atoms with van der Waals surface area (Å²) in [6.07, 6.45) is 0. The first-order chi connectivity index (χ1) is 15.8. The molecule has 0 unspecified atom stereocenters. The molecule has 2 heterocycles. The van der Waals surface area contributed by atoms with Gasteiger partial charge in [0.25, 0.3) is 5.91 Å². The number of benzene rings is 2. The Morgan fingerprint density at radius 2 is 1.58 bits per heavy atom. The predicted octanol–water partition coefficient (Wildman–Crippen LogP) is 6.36. The normalized spacial score (nSPS) is 11.8. The molecule has 0 fully saturated rings. The highest BCUT2D eigenvalue weighted by molar-refractivity contribution is 7.16. The van der Waals surface area contributed by atoms with Gasteiger partial charge in [0, 0.05) is 33.0 Å². The van der Waals surface area contributed by atoms with Crippen LogP contribution in [0.2, 0.25) is 0 Å². The first kappa shape index (κ1) is 22.6. The summed E-state index contributed by atoms with van der Waals surface area (Å²) in [7, 11) is 0. The fourth-order valence-corrected chi connectivity index (χ4v) is 4.88. The molecule has 0 spiro atoms. The summed E-state index contributed by atoms with van der Waals surface area (Å²) in [6, 6.07) is 17.0. The molecule has 1 amide bonds. The lowest BCUT2D eigenvalue weighted by Gasteiger charge is -2.22. The molecule has 4 rings (SSSR count). The topological polar surface area (TPSA) is 66.9 Å². The molecule has 33 heavy (non-hydrogen) atoms. The smallest absolute Gasteiger partial charge is 0.256 e. The molecule has 7 heteroatoms. The highest BCUT2D eigenvalue weighted by atomic mass is 32.1. The monoisotopic (exact) mass is 460 g/mol. The van der Waals surface area contributed by atoms with Crippen LogP contribution in [-0.2, 0) is 0 Å². The Morgan fingerprint density at radius 3 is 2.24 bits per heavy atom. The van der Waals surface area contributed by atoms with E-state index in [2.05, 4.69) is 20.6 Å². The number of carbonyl (C=O) groups is 1. The van der Waals surface area contributed by atoms with Gasteiger partial charge in [-0.3, -0.25) is 4.79 Å². The quantitative estimate of drug-likeness (QED) is 0.351. The average molecular weight is 461 g/mol. The molecule has 2 aromatic heterocycles. The van der Waals surface area contributed by atoms with E-state index in [-0.39, 0.29) is 11.7 Å². The number of nitrogens with one attached hydrogen (secondary N) is 2. The Balaban J connectivity index is 1.81. The Hall–Kier alpha value is -3.58. The Morgan fingerprint density at radius 1 is 0.939 bits per heavy atom. The van der Waals surface area contributed by atoms with E-state index in [0.29, 0.717) is 22.1 Å². The fraction of sp³-hybridized carbons (Fsp3) is 0.192. The van der Waals surface area contributed by atoms with Crippen molar-refractivity contribution in [1.29, 1.82) is 0 Å². The molecule has 4 aromatic rings. The summed E-state index contributed by atoms with van der Waals surface area (Å²) in [6.45, 7) is 7.76. The lowest BCUT2D eigenvalue weighted by atomic mass is 9.96. The number of aryl methyl sites for hydroxylation is 3. The second kappa shape index (κ2) is 9.50. The molecule has 0 aliphatic heterocycles. The summed E-state index contributed by atoms with van der Waals surface area (Å²) in [5.74, 6) is -0.152. The fourth-order valence-electron chi connectivity index (χ4n) is 3.78. The summed E-state index contributed by atoms with van der Waals surface area (Å²) in [5.41, 5.74) is 4.42. The van der Waals surface area contributed by atoms with E-state index < -0.39 is 6.04 Å². The minimum Gasteiger partial charge on any atom is -0.343 e. The van der Waals surface area contributed by atoms with Crippen LogP contribution in [0.25, 0.3) is 0 Å². The van der Waals surface area contributed by atoms with Crippen LogP contribution in [0, 0.1) is 33.5 Å². The van der Waals surface area contributed by atoms with E-state index in [9.17, 15) is 4.79 Å². The number of hydrogen-bond donors (Lipinski definition) is 2. The van der Waals surface area contributed by atoms with E-state index in [1.54, 1.807) is 30.3 Å². The standard InChI is InChI=1S/C26H25FN4OS/c1-15-14-16(2)29-26(28-15)30-23(20-12-8-9-13-21(20)27)22-17(3)18(4)33-25(22)31-24(32)19-10-6-5-7-11-19/h5-14,23H,1-4H3,(H,31,32)(H,28,29,30)/t23-/m1/s1. The summed E-state index contributed by atoms with van der Waals surface area (Å²) in [5, 5.41) is 7.05. The maximum Gasteiger partial charge on any atom is 0.256 e. The van der Waals surface area contributed by atoms with Crippen LogP contribution in [0.15, 0.2) is 60.7 Å². The molecule has 168 valence electrons. The van der Waals surface area contributed by atoms with Crippen molar-refractivity contribution in [2.75, 3.05) is 10.6 Å². The Kier molecular flexibility index (Phi) is 6.51. The molecule has 0 bridgehead atoms. The number of hydrogen-bond acceptors (Lipinski definition) is 5. The van der Waals surface area contributed by atoms with E-state index >= 15 is 4.39 Å². The number of amides is 1. The van der Waals surface area contributed by atoms with E-state index in [0.717, 1.165) is 27.4 Å². The molecule has 1 atom stereocenters. The van der Waals surface area contributed by atoms with Crippen LogP contribution >= 0.6 is 11.3 Å². The maximum atomic E-state index is 15.0. The van der Waals surface area contributed by atoms with Gasteiger partial charge >= 0.3 is 0 Å². The average Bonchev–Trinajstić information content (AvgIpc) is 3.05. The number of anilines is 2. The lowest BCUT2D eigenvalue weighted by molar-refractivity contribution is 0.102. The molecule has 0 radical (unpaired) electrons. The van der Waals surface area contributed by atoms with Crippen molar-refractivity contribution >= 4 is 28.2 Å². The van der Waals surface area contributed by atoms with Gasteiger partial charge in [-0.05, 0) is 57.5 Å². The van der Waals surface area contributed by atoms with Crippen LogP contribution in [0.4, 0.5) is 15.3 Å². The van der Waals surface area contributed by atoms with E-state index in [4.69, 9.17) is 0 Å². The van der Waals surface area contributed by atoms with Gasteiger partial charge in [-0.1, -0.05) is 36.4 Å². The van der Waals surface area contributed by atoms with Crippen LogP contribution in [0.3, 0.4) is 0 Å². The third-order valence-corrected chi connectivity index (χ3v) is 6.59. The number of carbonyl (C=O) groups excluding carboxylic acids is 1. The summed E-state index contributed by atoms with van der Waals surface area (Å²) < 4.78 is 15.0. The SMILES string of the molecule is Cc1cc(C)nc(N[C@H](c2ccccc2F)c2c(NC(=O)c3ccccc3)sc(C)c2C)n1. The van der Waals surface area contributed by atoms with Gasteiger partial charge in [0.2, 0.25) is 5.95 Å². The first-order valence-electron chi connectivity index (χ1n) is 10.6. The van der Waals surface area contributed by atoms with Gasteiger partial charge in [0.1, 0.15) is 10.8 Å². The number of aromatic nitrogens is 2. The first-order valence-corrected chi connectivity index (χ1v) is 11.4. The zero-order valence-corrected chi connectivity index (χ0v) is 19.8. The van der Waals surface area contributed by atoms with Crippen LogP contribution < -0.4 is 10.6 Å². The molecule has 0 saturated heterocycles. The van der Waals surface area contributed by atoms with Crippen molar-refractivity contribution in [2.24, 2.45) is 0 Å². The minimum atomic E-state index is -0.594. The molecule has 0 saturated carbocycles. The third-order valence-electron chi connectivity index (χ3n) is 5.46. The molecule has 2 N–H and O–H groups in total. The van der Waals surface area contributed by atoms with Crippen molar-refractivity contribution in [3.05, 3.63) is 105 Å². The Labute approximate surface area is 196 Å². The zero-order chi connectivity index (χ0) is 23.5. The van der Waals surface area contributed by atoms with Crippen molar-refractivity contribution in [2.45, 2.75) is 33.7 Å². The summed E-state index contributed by atoms with van der Waals surface area (Å²) in [4.78, 5) is 23.0. The Bertz CT molecular complexity index is 1280. The minimum absolute atomic E-state index is 0.215. The number of halogens is 1. The van der Waals surface area contributed by atoms with E-state index in [1.807, 2.05) is 52.0 Å². The van der Waals surface area contributed by atoms with Crippen LogP contribution in [-0.4, -0.2) is 15.9 Å². The van der Waals surface area contributed by atoms with Gasteiger partial charge in [0.15, 0.2) is 0 Å². The molecule has 0 aliphatic carbocycles. The largest absolute Gasteiger partial charge is 0.343 e. The van der Waals surface area contributed by atoms with Gasteiger partial charge in [-0.2, -0.15) is 0 Å². The van der Waals surface area contributed by atoms with Crippen molar-refractivity contribution in [3.8, 4) is 0 Å². The van der Waals surface area contributed by atoms with Gasteiger partial charge in [-0.25, -0.2) is 14.4 Å². The molecular weight excluding hydrogens is 435 g/mol.